The van der Waals surface area contributed by atoms with Gasteiger partial charge in [-0.3, -0.25) is 4.79 Å². The SMILES string of the molecule is CCOC(=O)C1(C)Nc2c(cc(C)c(C)c2OC)C1=O. The molecule has 1 heterocycles. The fourth-order valence-corrected chi connectivity index (χ4v) is 2.44. The lowest BCUT2D eigenvalue weighted by molar-refractivity contribution is -0.146. The monoisotopic (exact) mass is 277 g/mol. The Labute approximate surface area is 118 Å². The molecule has 0 spiro atoms. The standard InChI is InChI=1S/C15H19NO4/c1-6-20-14(18)15(4)13(17)10-7-8(2)9(3)12(19-5)11(10)16-15/h7,16H,6H2,1-5H3. The molecule has 1 atom stereocenters. The van der Waals surface area contributed by atoms with E-state index in [4.69, 9.17) is 9.47 Å². The summed E-state index contributed by atoms with van der Waals surface area (Å²) in [6.07, 6.45) is 0. The molecule has 0 fully saturated rings. The topological polar surface area (TPSA) is 64.6 Å². The number of esters is 1. The summed E-state index contributed by atoms with van der Waals surface area (Å²) < 4.78 is 10.4. The van der Waals surface area contributed by atoms with Gasteiger partial charge in [0.05, 0.1) is 19.4 Å². The van der Waals surface area contributed by atoms with Gasteiger partial charge in [-0.05, 0) is 44.9 Å². The fourth-order valence-electron chi connectivity index (χ4n) is 2.44. The number of anilines is 1. The first-order chi connectivity index (χ1) is 9.36. The third-order valence-corrected chi connectivity index (χ3v) is 3.75. The van der Waals surface area contributed by atoms with Gasteiger partial charge in [0.15, 0.2) is 5.54 Å². The molecule has 1 aromatic rings. The molecule has 0 aromatic heterocycles. The van der Waals surface area contributed by atoms with Gasteiger partial charge in [0.25, 0.3) is 0 Å². The number of fused-ring (bicyclic) bond motifs is 1. The first-order valence-corrected chi connectivity index (χ1v) is 6.55. The molecular weight excluding hydrogens is 258 g/mol. The van der Waals surface area contributed by atoms with Gasteiger partial charge in [-0.1, -0.05) is 0 Å². The molecule has 1 unspecified atom stereocenters. The Morgan fingerprint density at radius 2 is 2.05 bits per heavy atom. The van der Waals surface area contributed by atoms with Crippen LogP contribution in [0.15, 0.2) is 6.07 Å². The second-order valence-corrected chi connectivity index (χ2v) is 5.07. The molecular formula is C15H19NO4. The lowest BCUT2D eigenvalue weighted by Crippen LogP contribution is -2.47. The van der Waals surface area contributed by atoms with Crippen LogP contribution in [0.3, 0.4) is 0 Å². The second-order valence-electron chi connectivity index (χ2n) is 5.07. The summed E-state index contributed by atoms with van der Waals surface area (Å²) in [5, 5.41) is 2.98. The quantitative estimate of drug-likeness (QED) is 0.678. The Kier molecular flexibility index (Phi) is 3.46. The van der Waals surface area contributed by atoms with E-state index in [-0.39, 0.29) is 12.4 Å². The van der Waals surface area contributed by atoms with Gasteiger partial charge in [0.1, 0.15) is 5.75 Å². The molecule has 1 aliphatic rings. The number of hydrogen-bond donors (Lipinski definition) is 1. The highest BCUT2D eigenvalue weighted by Crippen LogP contribution is 2.42. The average Bonchev–Trinajstić information content (AvgIpc) is 2.66. The van der Waals surface area contributed by atoms with Crippen LogP contribution in [0.25, 0.3) is 0 Å². The van der Waals surface area contributed by atoms with Gasteiger partial charge >= 0.3 is 5.97 Å². The number of carbonyl (C=O) groups is 2. The van der Waals surface area contributed by atoms with Crippen molar-refractivity contribution >= 4 is 17.4 Å². The van der Waals surface area contributed by atoms with E-state index in [2.05, 4.69) is 5.32 Å². The van der Waals surface area contributed by atoms with Crippen molar-refractivity contribution < 1.29 is 19.1 Å². The van der Waals surface area contributed by atoms with Crippen LogP contribution in [0.1, 0.15) is 35.3 Å². The van der Waals surface area contributed by atoms with Crippen molar-refractivity contribution in [1.82, 2.24) is 0 Å². The lowest BCUT2D eigenvalue weighted by atomic mass is 9.94. The Morgan fingerprint density at radius 1 is 1.40 bits per heavy atom. The zero-order valence-corrected chi connectivity index (χ0v) is 12.4. The van der Waals surface area contributed by atoms with Gasteiger partial charge in [0.2, 0.25) is 5.78 Å². The highest BCUT2D eigenvalue weighted by molar-refractivity contribution is 6.25. The lowest BCUT2D eigenvalue weighted by Gasteiger charge is -2.21. The summed E-state index contributed by atoms with van der Waals surface area (Å²) in [5.74, 6) is -0.257. The number of hydrogen-bond acceptors (Lipinski definition) is 5. The molecule has 0 saturated heterocycles. The van der Waals surface area contributed by atoms with Gasteiger partial charge in [-0.2, -0.15) is 0 Å². The molecule has 1 aliphatic heterocycles. The van der Waals surface area contributed by atoms with Crippen LogP contribution in [0.4, 0.5) is 5.69 Å². The normalized spacial score (nSPS) is 20.4. The number of rotatable bonds is 3. The minimum atomic E-state index is -1.38. The minimum absolute atomic E-state index is 0.231. The molecule has 1 aromatic carbocycles. The summed E-state index contributed by atoms with van der Waals surface area (Å²) in [5.41, 5.74) is 1.55. The van der Waals surface area contributed by atoms with Crippen LogP contribution >= 0.6 is 0 Å². The predicted octanol–water partition coefficient (Wildman–Crippen LogP) is 2.24. The largest absolute Gasteiger partial charge is 0.494 e. The molecule has 2 rings (SSSR count). The third-order valence-electron chi connectivity index (χ3n) is 3.75. The molecule has 0 bridgehead atoms. The summed E-state index contributed by atoms with van der Waals surface area (Å²) in [6, 6.07) is 1.78. The van der Waals surface area contributed by atoms with Crippen LogP contribution in [-0.2, 0) is 9.53 Å². The van der Waals surface area contributed by atoms with Crippen LogP contribution in [0, 0.1) is 13.8 Å². The van der Waals surface area contributed by atoms with E-state index >= 15 is 0 Å². The molecule has 0 amide bonds. The van der Waals surface area contributed by atoms with Crippen molar-refractivity contribution in [2.45, 2.75) is 33.2 Å². The van der Waals surface area contributed by atoms with E-state index in [0.29, 0.717) is 17.0 Å². The summed E-state index contributed by atoms with van der Waals surface area (Å²) in [6.45, 7) is 7.31. The molecule has 108 valence electrons. The molecule has 1 N–H and O–H groups in total. The number of ketones is 1. The predicted molar refractivity (Wildman–Crippen MR) is 75.5 cm³/mol. The number of nitrogens with one attached hydrogen (secondary N) is 1. The van der Waals surface area contributed by atoms with Gasteiger partial charge in [-0.25, -0.2) is 4.79 Å². The average molecular weight is 277 g/mol. The Bertz CT molecular complexity index is 594. The van der Waals surface area contributed by atoms with Crippen molar-refractivity contribution in [3.8, 4) is 5.75 Å². The molecule has 0 aliphatic carbocycles. The summed E-state index contributed by atoms with van der Waals surface area (Å²) in [7, 11) is 1.55. The number of methoxy groups -OCH3 is 1. The fraction of sp³-hybridized carbons (Fsp3) is 0.467. The molecule has 0 saturated carbocycles. The van der Waals surface area contributed by atoms with Crippen LogP contribution in [0.2, 0.25) is 0 Å². The highest BCUT2D eigenvalue weighted by atomic mass is 16.5. The van der Waals surface area contributed by atoms with Gasteiger partial charge < -0.3 is 14.8 Å². The van der Waals surface area contributed by atoms with Crippen molar-refractivity contribution in [2.24, 2.45) is 0 Å². The number of benzene rings is 1. The van der Waals surface area contributed by atoms with Crippen molar-refractivity contribution in [1.29, 1.82) is 0 Å². The third kappa shape index (κ3) is 1.85. The molecule has 5 heteroatoms. The highest BCUT2D eigenvalue weighted by Gasteiger charge is 2.50. The van der Waals surface area contributed by atoms with E-state index in [1.54, 1.807) is 20.1 Å². The van der Waals surface area contributed by atoms with E-state index in [1.165, 1.54) is 6.92 Å². The maximum absolute atomic E-state index is 12.5. The van der Waals surface area contributed by atoms with Crippen molar-refractivity contribution in [2.75, 3.05) is 19.0 Å². The van der Waals surface area contributed by atoms with Gasteiger partial charge in [-0.15, -0.1) is 0 Å². The van der Waals surface area contributed by atoms with Crippen LogP contribution in [-0.4, -0.2) is 31.0 Å². The maximum atomic E-state index is 12.5. The first-order valence-electron chi connectivity index (χ1n) is 6.55. The number of carbonyl (C=O) groups excluding carboxylic acids is 2. The Morgan fingerprint density at radius 3 is 2.60 bits per heavy atom. The summed E-state index contributed by atoms with van der Waals surface area (Å²) >= 11 is 0. The van der Waals surface area contributed by atoms with Crippen molar-refractivity contribution in [3.05, 3.63) is 22.8 Å². The number of aryl methyl sites for hydroxylation is 1. The number of Topliss-reactive ketones (excluding diaryl/α,β-unsaturated/α-hetero) is 1. The summed E-state index contributed by atoms with van der Waals surface area (Å²) in [4.78, 5) is 24.6. The second kappa shape index (κ2) is 4.81. The Hall–Kier alpha value is -2.04. The van der Waals surface area contributed by atoms with Gasteiger partial charge in [0, 0.05) is 5.56 Å². The zero-order chi connectivity index (χ0) is 15.1. The Balaban J connectivity index is 2.56. The minimum Gasteiger partial charge on any atom is -0.494 e. The van der Waals surface area contributed by atoms with E-state index < -0.39 is 11.5 Å². The molecule has 5 nitrogen and oxygen atoms in total. The maximum Gasteiger partial charge on any atom is 0.339 e. The smallest absolute Gasteiger partial charge is 0.339 e. The van der Waals surface area contributed by atoms with E-state index in [9.17, 15) is 9.59 Å². The van der Waals surface area contributed by atoms with Crippen molar-refractivity contribution in [3.63, 3.8) is 0 Å². The number of ether oxygens (including phenoxy) is 2. The zero-order valence-electron chi connectivity index (χ0n) is 12.4. The van der Waals surface area contributed by atoms with E-state index in [1.807, 2.05) is 13.8 Å². The van der Waals surface area contributed by atoms with E-state index in [0.717, 1.165) is 11.1 Å². The van der Waals surface area contributed by atoms with Crippen LogP contribution < -0.4 is 10.1 Å². The van der Waals surface area contributed by atoms with Crippen LogP contribution in [0.5, 0.6) is 5.75 Å². The molecule has 20 heavy (non-hydrogen) atoms. The first kappa shape index (κ1) is 14.4. The molecule has 0 radical (unpaired) electrons.